The largest absolute Gasteiger partial charge is 0.328 e. The highest BCUT2D eigenvalue weighted by molar-refractivity contribution is 5.81. The van der Waals surface area contributed by atoms with Crippen molar-refractivity contribution in [1.29, 1.82) is 0 Å². The number of benzene rings is 1. The summed E-state index contributed by atoms with van der Waals surface area (Å²) in [5.74, 6) is -0.694. The molecule has 1 aromatic carbocycles. The van der Waals surface area contributed by atoms with Crippen LogP contribution in [0.5, 0.6) is 0 Å². The van der Waals surface area contributed by atoms with Crippen molar-refractivity contribution in [2.24, 2.45) is 7.05 Å². The third-order valence-electron chi connectivity index (χ3n) is 2.99. The molecule has 0 bridgehead atoms. The van der Waals surface area contributed by atoms with E-state index < -0.39 is 0 Å². The maximum Gasteiger partial charge on any atom is 0.328 e. The van der Waals surface area contributed by atoms with Crippen molar-refractivity contribution >= 4 is 22.8 Å². The summed E-state index contributed by atoms with van der Waals surface area (Å²) < 4.78 is 3.09. The molecule has 0 unspecified atom stereocenters. The van der Waals surface area contributed by atoms with Gasteiger partial charge in [-0.2, -0.15) is 0 Å². The number of fused-ring (bicyclic) bond motifs is 1. The molecule has 2 aromatic rings. The van der Waals surface area contributed by atoms with Crippen LogP contribution >= 0.6 is 0 Å². The van der Waals surface area contributed by atoms with E-state index in [1.807, 2.05) is 24.3 Å². The van der Waals surface area contributed by atoms with Gasteiger partial charge in [-0.25, -0.2) is 4.79 Å². The molecule has 0 saturated carbocycles. The van der Waals surface area contributed by atoms with Gasteiger partial charge in [0.2, 0.25) is 11.8 Å². The Balaban J connectivity index is 2.14. The number of amides is 2. The van der Waals surface area contributed by atoms with Crippen LogP contribution in [0.25, 0.3) is 11.0 Å². The average molecular weight is 276 g/mol. The van der Waals surface area contributed by atoms with E-state index in [9.17, 15) is 14.4 Å². The van der Waals surface area contributed by atoms with Gasteiger partial charge in [-0.1, -0.05) is 12.1 Å². The van der Waals surface area contributed by atoms with Crippen LogP contribution in [0, 0.1) is 0 Å². The van der Waals surface area contributed by atoms with Crippen LogP contribution in [0.1, 0.15) is 13.3 Å². The van der Waals surface area contributed by atoms with Gasteiger partial charge in [0.15, 0.2) is 0 Å². The molecule has 1 aromatic heterocycles. The van der Waals surface area contributed by atoms with Crippen LogP contribution in [0.15, 0.2) is 29.1 Å². The summed E-state index contributed by atoms with van der Waals surface area (Å²) in [6, 6.07) is 7.39. The monoisotopic (exact) mass is 276 g/mol. The lowest BCUT2D eigenvalue weighted by Crippen LogP contribution is -2.40. The number of hydrazine groups is 1. The number of carbonyl (C=O) groups is 2. The molecule has 0 atom stereocenters. The molecular formula is C13H16N4O3. The van der Waals surface area contributed by atoms with E-state index in [1.54, 1.807) is 16.2 Å². The Hall–Kier alpha value is -2.57. The molecule has 2 amide bonds. The fraction of sp³-hybridized carbons (Fsp3) is 0.308. The summed E-state index contributed by atoms with van der Waals surface area (Å²) in [6.07, 6.45) is 0.105. The van der Waals surface area contributed by atoms with Gasteiger partial charge in [0.1, 0.15) is 0 Å². The zero-order valence-corrected chi connectivity index (χ0v) is 11.3. The molecule has 0 aliphatic rings. The Morgan fingerprint density at radius 1 is 1.15 bits per heavy atom. The Labute approximate surface area is 115 Å². The minimum atomic E-state index is -0.347. The first-order valence-electron chi connectivity index (χ1n) is 6.20. The van der Waals surface area contributed by atoms with Gasteiger partial charge < -0.3 is 0 Å². The molecular weight excluding hydrogens is 260 g/mol. The van der Waals surface area contributed by atoms with Crippen molar-refractivity contribution in [3.8, 4) is 0 Å². The van der Waals surface area contributed by atoms with E-state index in [-0.39, 0.29) is 30.5 Å². The number of rotatable bonds is 3. The number of hydrogen-bond acceptors (Lipinski definition) is 3. The van der Waals surface area contributed by atoms with Crippen molar-refractivity contribution in [3.63, 3.8) is 0 Å². The van der Waals surface area contributed by atoms with Crippen LogP contribution < -0.4 is 16.5 Å². The number of hydrogen-bond donors (Lipinski definition) is 2. The second kappa shape index (κ2) is 5.60. The molecule has 0 saturated heterocycles. The first-order chi connectivity index (χ1) is 9.50. The van der Waals surface area contributed by atoms with Crippen molar-refractivity contribution in [1.82, 2.24) is 20.0 Å². The lowest BCUT2D eigenvalue weighted by molar-refractivity contribution is -0.128. The maximum atomic E-state index is 12.1. The summed E-state index contributed by atoms with van der Waals surface area (Å²) in [6.45, 7) is 1.56. The molecule has 7 heteroatoms. The number of aromatic nitrogens is 2. The van der Waals surface area contributed by atoms with Gasteiger partial charge >= 0.3 is 5.69 Å². The quantitative estimate of drug-likeness (QED) is 0.768. The Kier molecular flexibility index (Phi) is 3.88. The second-order valence-corrected chi connectivity index (χ2v) is 4.46. The van der Waals surface area contributed by atoms with Crippen LogP contribution in [0.3, 0.4) is 0 Å². The minimum Gasteiger partial charge on any atom is -0.295 e. The molecule has 0 radical (unpaired) electrons. The number of para-hydroxylation sites is 2. The Morgan fingerprint density at radius 2 is 1.80 bits per heavy atom. The van der Waals surface area contributed by atoms with Crippen molar-refractivity contribution < 1.29 is 9.59 Å². The number of nitrogens with zero attached hydrogens (tertiary/aromatic N) is 2. The van der Waals surface area contributed by atoms with E-state index in [4.69, 9.17) is 0 Å². The number of imidazole rings is 1. The first-order valence-corrected chi connectivity index (χ1v) is 6.20. The summed E-state index contributed by atoms with van der Waals surface area (Å²) in [5, 5.41) is 0. The van der Waals surface area contributed by atoms with Crippen LogP contribution in [0.2, 0.25) is 0 Å². The van der Waals surface area contributed by atoms with Crippen molar-refractivity contribution in [2.75, 3.05) is 0 Å². The first kappa shape index (κ1) is 13.9. The number of carbonyl (C=O) groups excluding carboxylic acids is 2. The summed E-state index contributed by atoms with van der Waals surface area (Å²) >= 11 is 0. The second-order valence-electron chi connectivity index (χ2n) is 4.46. The smallest absolute Gasteiger partial charge is 0.295 e. The van der Waals surface area contributed by atoms with Gasteiger partial charge in [0, 0.05) is 26.9 Å². The highest BCUT2D eigenvalue weighted by atomic mass is 16.2. The summed E-state index contributed by atoms with van der Waals surface area (Å²) in [4.78, 5) is 34.3. The fourth-order valence-electron chi connectivity index (χ4n) is 2.01. The molecule has 2 rings (SSSR count). The molecule has 7 nitrogen and oxygen atoms in total. The molecule has 1 heterocycles. The summed E-state index contributed by atoms with van der Waals surface area (Å²) in [5.41, 5.74) is 5.91. The minimum absolute atomic E-state index is 0.105. The van der Waals surface area contributed by atoms with Gasteiger partial charge in [-0.15, -0.1) is 0 Å². The standard InChI is InChI=1S/C13H16N4O3/c1-9(18)14-15-12(19)7-8-17-11-6-4-3-5-10(11)16(2)13(17)20/h3-6H,7-8H2,1-2H3,(H,14,18)(H,15,19). The van der Waals surface area contributed by atoms with Crippen LogP contribution in [-0.4, -0.2) is 20.9 Å². The number of aryl methyl sites for hydroxylation is 2. The summed E-state index contributed by atoms with van der Waals surface area (Å²) in [7, 11) is 1.69. The van der Waals surface area contributed by atoms with Crippen molar-refractivity contribution in [3.05, 3.63) is 34.7 Å². The molecule has 0 aliphatic heterocycles. The molecule has 106 valence electrons. The Morgan fingerprint density at radius 3 is 2.45 bits per heavy atom. The highest BCUT2D eigenvalue weighted by Crippen LogP contribution is 2.11. The molecule has 0 spiro atoms. The topological polar surface area (TPSA) is 85.1 Å². The average Bonchev–Trinajstić information content (AvgIpc) is 2.67. The predicted molar refractivity (Wildman–Crippen MR) is 73.8 cm³/mol. The predicted octanol–water partition coefficient (Wildman–Crippen LogP) is -0.103. The van der Waals surface area contributed by atoms with Gasteiger partial charge in [-0.05, 0) is 12.1 Å². The SMILES string of the molecule is CC(=O)NNC(=O)CCn1c(=O)n(C)c2ccccc21. The maximum absolute atomic E-state index is 12.1. The van der Waals surface area contributed by atoms with Gasteiger partial charge in [0.05, 0.1) is 11.0 Å². The van der Waals surface area contributed by atoms with Crippen molar-refractivity contribution in [2.45, 2.75) is 19.9 Å². The highest BCUT2D eigenvalue weighted by Gasteiger charge is 2.11. The normalized spacial score (nSPS) is 10.5. The molecule has 20 heavy (non-hydrogen) atoms. The third-order valence-corrected chi connectivity index (χ3v) is 2.99. The van der Waals surface area contributed by atoms with Gasteiger partial charge in [-0.3, -0.25) is 29.6 Å². The van der Waals surface area contributed by atoms with E-state index in [0.717, 1.165) is 11.0 Å². The zero-order chi connectivity index (χ0) is 14.7. The van der Waals surface area contributed by atoms with E-state index >= 15 is 0 Å². The van der Waals surface area contributed by atoms with E-state index in [1.165, 1.54) is 6.92 Å². The molecule has 0 fully saturated rings. The lowest BCUT2D eigenvalue weighted by atomic mass is 10.3. The third kappa shape index (κ3) is 2.71. The number of nitrogens with one attached hydrogen (secondary N) is 2. The zero-order valence-electron chi connectivity index (χ0n) is 11.3. The molecule has 0 aliphatic carbocycles. The van der Waals surface area contributed by atoms with Gasteiger partial charge in [0.25, 0.3) is 0 Å². The van der Waals surface area contributed by atoms with Crippen LogP contribution in [-0.2, 0) is 23.2 Å². The van der Waals surface area contributed by atoms with E-state index in [2.05, 4.69) is 10.9 Å². The molecule has 2 N–H and O–H groups in total. The Bertz CT molecular complexity index is 714. The van der Waals surface area contributed by atoms with E-state index in [0.29, 0.717) is 0 Å². The fourth-order valence-corrected chi connectivity index (χ4v) is 2.01. The lowest BCUT2D eigenvalue weighted by Gasteiger charge is -2.05. The van der Waals surface area contributed by atoms with Crippen LogP contribution in [0.4, 0.5) is 0 Å².